The molecule has 1 aromatic carbocycles. The van der Waals surface area contributed by atoms with Gasteiger partial charge in [-0.3, -0.25) is 4.79 Å². The summed E-state index contributed by atoms with van der Waals surface area (Å²) in [5, 5.41) is 8.80. The Morgan fingerprint density at radius 1 is 1.36 bits per heavy atom. The quantitative estimate of drug-likeness (QED) is 0.653. The van der Waals surface area contributed by atoms with Crippen molar-refractivity contribution >= 4 is 5.97 Å². The van der Waals surface area contributed by atoms with Crippen molar-refractivity contribution in [3.63, 3.8) is 0 Å². The van der Waals surface area contributed by atoms with Crippen LogP contribution < -0.4 is 4.74 Å². The van der Waals surface area contributed by atoms with E-state index in [9.17, 15) is 4.79 Å². The van der Waals surface area contributed by atoms with Gasteiger partial charge in [0, 0.05) is 12.0 Å². The fourth-order valence-corrected chi connectivity index (χ4v) is 3.84. The average Bonchev–Trinajstić information content (AvgIpc) is 3.07. The molecular formula is C22H29NO5. The topological polar surface area (TPSA) is 81.8 Å². The van der Waals surface area contributed by atoms with Gasteiger partial charge in [0.1, 0.15) is 17.2 Å². The minimum absolute atomic E-state index is 0.208. The Balaban J connectivity index is 1.54. The number of hydrogen-bond donors (Lipinski definition) is 1. The first-order valence-corrected chi connectivity index (χ1v) is 9.99. The van der Waals surface area contributed by atoms with E-state index in [-0.39, 0.29) is 12.5 Å². The molecule has 0 spiro atoms. The number of hydrogen-bond acceptors (Lipinski definition) is 5. The maximum absolute atomic E-state index is 10.7. The SMILES string of the molecule is COc1cccc(-c2nc(COC3CCCC(CCCC(=O)O)C3)c(C)o2)c1. The van der Waals surface area contributed by atoms with Crippen LogP contribution in [0.5, 0.6) is 5.75 Å². The number of methoxy groups -OCH3 is 1. The lowest BCUT2D eigenvalue weighted by Crippen LogP contribution is -2.23. The number of oxazole rings is 1. The van der Waals surface area contributed by atoms with Crippen LogP contribution in [-0.4, -0.2) is 29.3 Å². The Bertz CT molecular complexity index is 785. The molecule has 0 radical (unpaired) electrons. The van der Waals surface area contributed by atoms with Crippen LogP contribution in [0.3, 0.4) is 0 Å². The highest BCUT2D eigenvalue weighted by molar-refractivity contribution is 5.66. The number of ether oxygens (including phenoxy) is 2. The molecule has 1 aliphatic rings. The molecule has 3 rings (SSSR count). The molecule has 1 saturated carbocycles. The molecular weight excluding hydrogens is 358 g/mol. The van der Waals surface area contributed by atoms with Crippen LogP contribution in [0.25, 0.3) is 11.5 Å². The van der Waals surface area contributed by atoms with Crippen LogP contribution in [0, 0.1) is 12.8 Å². The van der Waals surface area contributed by atoms with Gasteiger partial charge in [-0.15, -0.1) is 0 Å². The number of benzene rings is 1. The van der Waals surface area contributed by atoms with Crippen LogP contribution in [0.2, 0.25) is 0 Å². The summed E-state index contributed by atoms with van der Waals surface area (Å²) in [6, 6.07) is 7.65. The largest absolute Gasteiger partial charge is 0.497 e. The van der Waals surface area contributed by atoms with Crippen molar-refractivity contribution < 1.29 is 23.8 Å². The van der Waals surface area contributed by atoms with Crippen LogP contribution in [0.4, 0.5) is 0 Å². The number of aromatic nitrogens is 1. The van der Waals surface area contributed by atoms with Crippen molar-refractivity contribution in [1.82, 2.24) is 4.98 Å². The standard InChI is InChI=1S/C22H29NO5/c1-15-20(23-22(28-15)17-8-5-9-18(13-17)26-2)14-27-19-10-3-6-16(12-19)7-4-11-21(24)25/h5,8-9,13,16,19H,3-4,6-7,10-12,14H2,1-2H3,(H,24,25). The third-order valence-electron chi connectivity index (χ3n) is 5.40. The fourth-order valence-electron chi connectivity index (χ4n) is 3.84. The zero-order valence-electron chi connectivity index (χ0n) is 16.6. The molecule has 6 heteroatoms. The van der Waals surface area contributed by atoms with E-state index in [1.54, 1.807) is 7.11 Å². The van der Waals surface area contributed by atoms with Gasteiger partial charge in [0.25, 0.3) is 0 Å². The van der Waals surface area contributed by atoms with E-state index in [0.717, 1.165) is 54.9 Å². The molecule has 0 bridgehead atoms. The molecule has 0 aliphatic heterocycles. The third-order valence-corrected chi connectivity index (χ3v) is 5.40. The van der Waals surface area contributed by atoms with E-state index in [4.69, 9.17) is 19.0 Å². The lowest BCUT2D eigenvalue weighted by Gasteiger charge is -2.29. The molecule has 0 saturated heterocycles. The van der Waals surface area contributed by atoms with Crippen LogP contribution in [-0.2, 0) is 16.1 Å². The first-order chi connectivity index (χ1) is 13.5. The summed E-state index contributed by atoms with van der Waals surface area (Å²) in [7, 11) is 1.64. The molecule has 152 valence electrons. The Morgan fingerprint density at radius 2 is 2.21 bits per heavy atom. The van der Waals surface area contributed by atoms with E-state index in [1.807, 2.05) is 31.2 Å². The van der Waals surface area contributed by atoms with Gasteiger partial charge in [0.15, 0.2) is 0 Å². The summed E-state index contributed by atoms with van der Waals surface area (Å²) in [5.41, 5.74) is 1.70. The highest BCUT2D eigenvalue weighted by Crippen LogP contribution is 2.31. The second kappa shape index (κ2) is 9.73. The monoisotopic (exact) mass is 387 g/mol. The Morgan fingerprint density at radius 3 is 3.00 bits per heavy atom. The second-order valence-corrected chi connectivity index (χ2v) is 7.51. The van der Waals surface area contributed by atoms with Crippen molar-refractivity contribution in [3.05, 3.63) is 35.7 Å². The molecule has 2 unspecified atom stereocenters. The lowest BCUT2D eigenvalue weighted by molar-refractivity contribution is -0.137. The summed E-state index contributed by atoms with van der Waals surface area (Å²) in [6.07, 6.45) is 6.54. The molecule has 6 nitrogen and oxygen atoms in total. The molecule has 1 N–H and O–H groups in total. The Kier molecular flexibility index (Phi) is 7.09. The number of nitrogens with zero attached hydrogens (tertiary/aromatic N) is 1. The summed E-state index contributed by atoms with van der Waals surface area (Å²) in [4.78, 5) is 15.3. The van der Waals surface area contributed by atoms with E-state index in [2.05, 4.69) is 4.98 Å². The van der Waals surface area contributed by atoms with Crippen LogP contribution in [0.15, 0.2) is 28.7 Å². The van der Waals surface area contributed by atoms with Gasteiger partial charge in [-0.1, -0.05) is 18.9 Å². The third kappa shape index (κ3) is 5.58. The first-order valence-electron chi connectivity index (χ1n) is 9.99. The van der Waals surface area contributed by atoms with E-state index in [0.29, 0.717) is 18.4 Å². The van der Waals surface area contributed by atoms with Crippen LogP contribution >= 0.6 is 0 Å². The Hall–Kier alpha value is -2.34. The maximum atomic E-state index is 10.7. The molecule has 1 aliphatic carbocycles. The molecule has 2 atom stereocenters. The van der Waals surface area contributed by atoms with Crippen molar-refractivity contribution in [1.29, 1.82) is 0 Å². The number of carbonyl (C=O) groups is 1. The van der Waals surface area contributed by atoms with Crippen molar-refractivity contribution in [2.45, 2.75) is 64.6 Å². The summed E-state index contributed by atoms with van der Waals surface area (Å²) < 4.78 is 17.2. The van der Waals surface area contributed by atoms with Crippen molar-refractivity contribution in [2.75, 3.05) is 7.11 Å². The minimum Gasteiger partial charge on any atom is -0.497 e. The smallest absolute Gasteiger partial charge is 0.303 e. The summed E-state index contributed by atoms with van der Waals surface area (Å²) in [5.74, 6) is 1.96. The molecule has 1 heterocycles. The van der Waals surface area contributed by atoms with E-state index in [1.165, 1.54) is 6.42 Å². The van der Waals surface area contributed by atoms with Crippen LogP contribution in [0.1, 0.15) is 56.4 Å². The van der Waals surface area contributed by atoms with E-state index >= 15 is 0 Å². The number of carboxylic acid groups (broad SMARTS) is 1. The minimum atomic E-state index is -0.711. The molecule has 2 aromatic rings. The number of carboxylic acids is 1. The molecule has 28 heavy (non-hydrogen) atoms. The highest BCUT2D eigenvalue weighted by atomic mass is 16.5. The van der Waals surface area contributed by atoms with Gasteiger partial charge in [-0.25, -0.2) is 4.98 Å². The number of aryl methyl sites for hydroxylation is 1. The molecule has 1 fully saturated rings. The first kappa shape index (κ1) is 20.4. The predicted molar refractivity (Wildman–Crippen MR) is 105 cm³/mol. The van der Waals surface area contributed by atoms with Gasteiger partial charge < -0.3 is 19.0 Å². The van der Waals surface area contributed by atoms with Gasteiger partial charge in [-0.05, 0) is 56.7 Å². The van der Waals surface area contributed by atoms with Gasteiger partial charge in [-0.2, -0.15) is 0 Å². The fraction of sp³-hybridized carbons (Fsp3) is 0.545. The highest BCUT2D eigenvalue weighted by Gasteiger charge is 2.23. The lowest BCUT2D eigenvalue weighted by atomic mass is 9.84. The van der Waals surface area contributed by atoms with Crippen molar-refractivity contribution in [2.24, 2.45) is 5.92 Å². The summed E-state index contributed by atoms with van der Waals surface area (Å²) in [6.45, 7) is 2.34. The van der Waals surface area contributed by atoms with Gasteiger partial charge in [0.05, 0.1) is 19.8 Å². The zero-order valence-corrected chi connectivity index (χ0v) is 16.6. The second-order valence-electron chi connectivity index (χ2n) is 7.51. The predicted octanol–water partition coefficient (Wildman–Crippen LogP) is 4.99. The van der Waals surface area contributed by atoms with Gasteiger partial charge >= 0.3 is 5.97 Å². The molecule has 0 amide bonds. The zero-order chi connectivity index (χ0) is 19.9. The van der Waals surface area contributed by atoms with Gasteiger partial charge in [0.2, 0.25) is 5.89 Å². The number of rotatable bonds is 9. The van der Waals surface area contributed by atoms with E-state index < -0.39 is 5.97 Å². The maximum Gasteiger partial charge on any atom is 0.303 e. The normalized spacial score (nSPS) is 19.5. The molecule has 1 aromatic heterocycles. The summed E-state index contributed by atoms with van der Waals surface area (Å²) >= 11 is 0. The average molecular weight is 387 g/mol. The number of aliphatic carboxylic acids is 1. The van der Waals surface area contributed by atoms with Crippen molar-refractivity contribution in [3.8, 4) is 17.2 Å². The Labute approximate surface area is 165 Å².